The zero-order chi connectivity index (χ0) is 16.9. The molecule has 24 heavy (non-hydrogen) atoms. The second-order valence-corrected chi connectivity index (χ2v) is 5.91. The molecule has 1 unspecified atom stereocenters. The van der Waals surface area contributed by atoms with E-state index in [1.165, 1.54) is 0 Å². The van der Waals surface area contributed by atoms with Gasteiger partial charge in [-0.15, -0.1) is 0 Å². The van der Waals surface area contributed by atoms with E-state index in [0.717, 1.165) is 17.7 Å². The van der Waals surface area contributed by atoms with Crippen molar-refractivity contribution in [2.45, 2.75) is 38.9 Å². The van der Waals surface area contributed by atoms with Crippen LogP contribution in [0.5, 0.6) is 0 Å². The number of pyridine rings is 1. The molecule has 0 aromatic carbocycles. The van der Waals surface area contributed by atoms with Crippen LogP contribution in [0, 0.1) is 0 Å². The molecule has 1 N–H and O–H groups in total. The average molecular weight is 327 g/mol. The van der Waals surface area contributed by atoms with E-state index in [1.807, 2.05) is 23.6 Å². The highest BCUT2D eigenvalue weighted by Gasteiger charge is 2.31. The Morgan fingerprint density at radius 3 is 2.96 bits per heavy atom. The van der Waals surface area contributed by atoms with Gasteiger partial charge < -0.3 is 14.8 Å². The SMILES string of the molecule is CCCC(=O)N1Cc2cncn2C(C(=O)NCc2cccnc2)C1. The number of fused-ring (bicyclic) bond motifs is 1. The molecular formula is C17H21N5O2. The number of aromatic nitrogens is 3. The van der Waals surface area contributed by atoms with E-state index in [-0.39, 0.29) is 11.8 Å². The lowest BCUT2D eigenvalue weighted by Gasteiger charge is -2.33. The third-order valence-corrected chi connectivity index (χ3v) is 4.14. The van der Waals surface area contributed by atoms with E-state index >= 15 is 0 Å². The zero-order valence-corrected chi connectivity index (χ0v) is 13.7. The first kappa shape index (κ1) is 16.2. The molecule has 1 aliphatic heterocycles. The van der Waals surface area contributed by atoms with Gasteiger partial charge in [-0.05, 0) is 18.1 Å². The number of rotatable bonds is 5. The number of carbonyl (C=O) groups is 2. The van der Waals surface area contributed by atoms with Gasteiger partial charge in [0.25, 0.3) is 0 Å². The van der Waals surface area contributed by atoms with Gasteiger partial charge in [-0.2, -0.15) is 0 Å². The molecule has 0 bridgehead atoms. The molecule has 2 aromatic rings. The van der Waals surface area contributed by atoms with Crippen molar-refractivity contribution in [1.29, 1.82) is 0 Å². The highest BCUT2D eigenvalue weighted by Crippen LogP contribution is 2.22. The molecule has 0 aliphatic carbocycles. The lowest BCUT2D eigenvalue weighted by atomic mass is 10.1. The third kappa shape index (κ3) is 3.45. The van der Waals surface area contributed by atoms with Crippen molar-refractivity contribution in [3.63, 3.8) is 0 Å². The fourth-order valence-corrected chi connectivity index (χ4v) is 2.87. The van der Waals surface area contributed by atoms with E-state index in [1.54, 1.807) is 29.8 Å². The summed E-state index contributed by atoms with van der Waals surface area (Å²) in [4.78, 5) is 34.8. The molecule has 7 heteroatoms. The average Bonchev–Trinajstić information content (AvgIpc) is 3.08. The Labute approximate surface area is 140 Å². The molecule has 7 nitrogen and oxygen atoms in total. The molecule has 2 amide bonds. The van der Waals surface area contributed by atoms with Gasteiger partial charge in [-0.3, -0.25) is 14.6 Å². The topological polar surface area (TPSA) is 80.1 Å². The van der Waals surface area contributed by atoms with Gasteiger partial charge in [0, 0.05) is 31.6 Å². The highest BCUT2D eigenvalue weighted by atomic mass is 16.2. The molecule has 126 valence electrons. The number of nitrogens with one attached hydrogen (secondary N) is 1. The van der Waals surface area contributed by atoms with E-state index in [9.17, 15) is 9.59 Å². The minimum atomic E-state index is -0.450. The normalized spacial score (nSPS) is 16.5. The van der Waals surface area contributed by atoms with E-state index in [2.05, 4.69) is 15.3 Å². The zero-order valence-electron chi connectivity index (χ0n) is 13.7. The third-order valence-electron chi connectivity index (χ3n) is 4.14. The maximum Gasteiger partial charge on any atom is 0.245 e. The van der Waals surface area contributed by atoms with Crippen molar-refractivity contribution < 1.29 is 9.59 Å². The van der Waals surface area contributed by atoms with E-state index in [0.29, 0.717) is 26.1 Å². The summed E-state index contributed by atoms with van der Waals surface area (Å²) in [7, 11) is 0. The van der Waals surface area contributed by atoms with Gasteiger partial charge in [-0.25, -0.2) is 4.98 Å². The largest absolute Gasteiger partial charge is 0.350 e. The predicted octanol–water partition coefficient (Wildman–Crippen LogP) is 1.28. The number of hydrogen-bond donors (Lipinski definition) is 1. The number of carbonyl (C=O) groups excluding carboxylic acids is 2. The quantitative estimate of drug-likeness (QED) is 0.897. The Bertz CT molecular complexity index is 713. The Balaban J connectivity index is 1.71. The van der Waals surface area contributed by atoms with Crippen LogP contribution in [-0.4, -0.2) is 37.8 Å². The van der Waals surface area contributed by atoms with Gasteiger partial charge in [-0.1, -0.05) is 13.0 Å². The second-order valence-electron chi connectivity index (χ2n) is 5.91. The molecule has 0 fully saturated rings. The maximum atomic E-state index is 12.6. The van der Waals surface area contributed by atoms with Crippen LogP contribution in [0.25, 0.3) is 0 Å². The van der Waals surface area contributed by atoms with Gasteiger partial charge >= 0.3 is 0 Å². The van der Waals surface area contributed by atoms with Crippen LogP contribution in [0.1, 0.15) is 37.1 Å². The fraction of sp³-hybridized carbons (Fsp3) is 0.412. The first-order valence-corrected chi connectivity index (χ1v) is 8.14. The monoisotopic (exact) mass is 327 g/mol. The summed E-state index contributed by atoms with van der Waals surface area (Å²) in [6.07, 6.45) is 8.09. The summed E-state index contributed by atoms with van der Waals surface area (Å²) in [5, 5.41) is 2.93. The van der Waals surface area contributed by atoms with Crippen molar-refractivity contribution in [1.82, 2.24) is 24.8 Å². The van der Waals surface area contributed by atoms with Crippen molar-refractivity contribution in [2.24, 2.45) is 0 Å². The maximum absolute atomic E-state index is 12.6. The Morgan fingerprint density at radius 2 is 2.21 bits per heavy atom. The Kier molecular flexibility index (Phi) is 4.88. The second kappa shape index (κ2) is 7.25. The van der Waals surface area contributed by atoms with E-state index in [4.69, 9.17) is 0 Å². The summed E-state index contributed by atoms with van der Waals surface area (Å²) >= 11 is 0. The molecule has 0 spiro atoms. The van der Waals surface area contributed by atoms with Gasteiger partial charge in [0.15, 0.2) is 0 Å². The van der Waals surface area contributed by atoms with Crippen LogP contribution >= 0.6 is 0 Å². The Hall–Kier alpha value is -2.70. The predicted molar refractivity (Wildman–Crippen MR) is 87.7 cm³/mol. The lowest BCUT2D eigenvalue weighted by molar-refractivity contribution is -0.135. The molecule has 0 saturated heterocycles. The molecule has 1 aliphatic rings. The van der Waals surface area contributed by atoms with Crippen LogP contribution in [0.4, 0.5) is 0 Å². The number of nitrogens with zero attached hydrogens (tertiary/aromatic N) is 4. The van der Waals surface area contributed by atoms with Crippen LogP contribution in [0.15, 0.2) is 37.1 Å². The standard InChI is InChI=1S/C17H21N5O2/c1-2-4-16(23)21-10-14-9-19-12-22(14)15(11-21)17(24)20-8-13-5-3-6-18-7-13/h3,5-7,9,12,15H,2,4,8,10-11H2,1H3,(H,20,24). The molecule has 1 atom stereocenters. The number of imidazole rings is 1. The summed E-state index contributed by atoms with van der Waals surface area (Å²) in [6.45, 7) is 3.27. The van der Waals surface area contributed by atoms with Crippen LogP contribution in [0.3, 0.4) is 0 Å². The lowest BCUT2D eigenvalue weighted by Crippen LogP contribution is -2.46. The van der Waals surface area contributed by atoms with Crippen molar-refractivity contribution >= 4 is 11.8 Å². The van der Waals surface area contributed by atoms with Gasteiger partial charge in [0.2, 0.25) is 11.8 Å². The summed E-state index contributed by atoms with van der Waals surface area (Å²) in [5.41, 5.74) is 1.82. The highest BCUT2D eigenvalue weighted by molar-refractivity contribution is 5.82. The van der Waals surface area contributed by atoms with Crippen molar-refractivity contribution in [3.05, 3.63) is 48.3 Å². The Morgan fingerprint density at radius 1 is 1.33 bits per heavy atom. The minimum Gasteiger partial charge on any atom is -0.350 e. The molecular weight excluding hydrogens is 306 g/mol. The molecule has 0 saturated carbocycles. The van der Waals surface area contributed by atoms with Crippen LogP contribution in [0.2, 0.25) is 0 Å². The number of amides is 2. The number of hydrogen-bond acceptors (Lipinski definition) is 4. The fourth-order valence-electron chi connectivity index (χ4n) is 2.87. The summed E-state index contributed by atoms with van der Waals surface area (Å²) in [5.74, 6) is -0.0397. The summed E-state index contributed by atoms with van der Waals surface area (Å²) in [6, 6.07) is 3.29. The molecule has 3 rings (SSSR count). The molecule has 3 heterocycles. The van der Waals surface area contributed by atoms with Crippen LogP contribution < -0.4 is 5.32 Å². The summed E-state index contributed by atoms with van der Waals surface area (Å²) < 4.78 is 1.86. The van der Waals surface area contributed by atoms with Crippen molar-refractivity contribution in [3.8, 4) is 0 Å². The first-order valence-electron chi connectivity index (χ1n) is 8.14. The molecule has 2 aromatic heterocycles. The van der Waals surface area contributed by atoms with Crippen molar-refractivity contribution in [2.75, 3.05) is 6.54 Å². The van der Waals surface area contributed by atoms with E-state index < -0.39 is 6.04 Å². The van der Waals surface area contributed by atoms with Gasteiger partial charge in [0.05, 0.1) is 25.1 Å². The first-order chi connectivity index (χ1) is 11.7. The molecule has 0 radical (unpaired) electrons. The smallest absolute Gasteiger partial charge is 0.245 e. The van der Waals surface area contributed by atoms with Gasteiger partial charge in [0.1, 0.15) is 6.04 Å². The minimum absolute atomic E-state index is 0.0787. The van der Waals surface area contributed by atoms with Crippen LogP contribution in [-0.2, 0) is 22.7 Å².